The molecule has 0 spiro atoms. The molecule has 20 heavy (non-hydrogen) atoms. The molecule has 0 saturated carbocycles. The number of hydrogen-bond acceptors (Lipinski definition) is 4. The van der Waals surface area contributed by atoms with Gasteiger partial charge in [-0.15, -0.1) is 0 Å². The first-order valence-electron chi connectivity index (χ1n) is 7.59. The van der Waals surface area contributed by atoms with Crippen LogP contribution in [-0.4, -0.2) is 64.9 Å². The van der Waals surface area contributed by atoms with E-state index in [1.807, 2.05) is 34.6 Å². The van der Waals surface area contributed by atoms with Gasteiger partial charge < -0.3 is 14.7 Å². The first-order valence-corrected chi connectivity index (χ1v) is 7.59. The summed E-state index contributed by atoms with van der Waals surface area (Å²) in [7, 11) is 0. The summed E-state index contributed by atoms with van der Waals surface area (Å²) in [6, 6.07) is 0.443. The van der Waals surface area contributed by atoms with Gasteiger partial charge in [0.05, 0.1) is 6.61 Å². The molecule has 118 valence electrons. The number of ether oxygens (including phenoxy) is 1. The van der Waals surface area contributed by atoms with Crippen molar-refractivity contribution in [1.82, 2.24) is 9.80 Å². The molecule has 1 saturated heterocycles. The van der Waals surface area contributed by atoms with E-state index in [-0.39, 0.29) is 18.7 Å². The van der Waals surface area contributed by atoms with E-state index in [0.29, 0.717) is 19.1 Å². The SMILES string of the molecule is CC(C)N(CC1CCCN1CCO)C(=O)OC(C)(C)C. The maximum atomic E-state index is 12.3. The number of β-amino-alcohol motifs (C(OH)–C–C–N with tert-alkyl or cyclic N) is 1. The van der Waals surface area contributed by atoms with Gasteiger partial charge in [-0.25, -0.2) is 4.79 Å². The molecule has 0 radical (unpaired) electrons. The molecule has 1 N–H and O–H groups in total. The fourth-order valence-corrected chi connectivity index (χ4v) is 2.57. The van der Waals surface area contributed by atoms with Crippen molar-refractivity contribution in [2.24, 2.45) is 0 Å². The Morgan fingerprint density at radius 2 is 2.10 bits per heavy atom. The highest BCUT2D eigenvalue weighted by Gasteiger charge is 2.31. The van der Waals surface area contributed by atoms with E-state index in [1.54, 1.807) is 4.90 Å². The zero-order chi connectivity index (χ0) is 15.3. The van der Waals surface area contributed by atoms with Crippen LogP contribution >= 0.6 is 0 Å². The Bertz CT molecular complexity index is 313. The van der Waals surface area contributed by atoms with Gasteiger partial charge in [0.2, 0.25) is 0 Å². The number of carbonyl (C=O) groups is 1. The van der Waals surface area contributed by atoms with Gasteiger partial charge in [-0.2, -0.15) is 0 Å². The van der Waals surface area contributed by atoms with Crippen LogP contribution in [0.25, 0.3) is 0 Å². The van der Waals surface area contributed by atoms with E-state index in [1.165, 1.54) is 0 Å². The highest BCUT2D eigenvalue weighted by molar-refractivity contribution is 5.68. The van der Waals surface area contributed by atoms with Gasteiger partial charge in [0.15, 0.2) is 0 Å². The number of hydrogen-bond donors (Lipinski definition) is 1. The smallest absolute Gasteiger partial charge is 0.410 e. The molecule has 0 aromatic rings. The average molecular weight is 286 g/mol. The molecule has 1 rings (SSSR count). The summed E-state index contributed by atoms with van der Waals surface area (Å²) >= 11 is 0. The van der Waals surface area contributed by atoms with Crippen molar-refractivity contribution in [2.45, 2.75) is 65.1 Å². The zero-order valence-electron chi connectivity index (χ0n) is 13.6. The minimum absolute atomic E-state index is 0.112. The monoisotopic (exact) mass is 286 g/mol. The first kappa shape index (κ1) is 17.2. The Morgan fingerprint density at radius 3 is 2.60 bits per heavy atom. The lowest BCUT2D eigenvalue weighted by atomic mass is 10.2. The lowest BCUT2D eigenvalue weighted by molar-refractivity contribution is 0.0134. The number of nitrogens with zero attached hydrogens (tertiary/aromatic N) is 2. The molecule has 1 aliphatic heterocycles. The highest BCUT2D eigenvalue weighted by Crippen LogP contribution is 2.20. The maximum absolute atomic E-state index is 12.3. The van der Waals surface area contributed by atoms with E-state index in [2.05, 4.69) is 4.90 Å². The molecule has 1 atom stereocenters. The second-order valence-corrected chi connectivity index (χ2v) is 6.78. The quantitative estimate of drug-likeness (QED) is 0.841. The standard InChI is InChI=1S/C15H30N2O3/c1-12(2)17(14(19)20-15(3,4)5)11-13-7-6-8-16(13)9-10-18/h12-13,18H,6-11H2,1-5H3. The summed E-state index contributed by atoms with van der Waals surface area (Å²) in [5, 5.41) is 9.10. The van der Waals surface area contributed by atoms with Crippen molar-refractivity contribution < 1.29 is 14.6 Å². The number of aliphatic hydroxyl groups excluding tert-OH is 1. The number of aliphatic hydroxyl groups is 1. The van der Waals surface area contributed by atoms with Crippen LogP contribution in [0.5, 0.6) is 0 Å². The summed E-state index contributed by atoms with van der Waals surface area (Å²) in [5.41, 5.74) is -0.468. The molecule has 1 amide bonds. The predicted molar refractivity (Wildman–Crippen MR) is 79.8 cm³/mol. The van der Waals surface area contributed by atoms with Crippen LogP contribution in [0.4, 0.5) is 4.79 Å². The summed E-state index contributed by atoms with van der Waals surface area (Å²) < 4.78 is 5.49. The molecule has 1 unspecified atom stereocenters. The van der Waals surface area contributed by atoms with Gasteiger partial charge >= 0.3 is 6.09 Å². The second kappa shape index (κ2) is 7.27. The van der Waals surface area contributed by atoms with Gasteiger partial charge in [0.1, 0.15) is 5.60 Å². The van der Waals surface area contributed by atoms with Crippen molar-refractivity contribution in [2.75, 3.05) is 26.2 Å². The minimum atomic E-state index is -0.468. The van der Waals surface area contributed by atoms with Crippen molar-refractivity contribution in [3.63, 3.8) is 0 Å². The van der Waals surface area contributed by atoms with Crippen molar-refractivity contribution >= 4 is 6.09 Å². The van der Waals surface area contributed by atoms with Crippen LogP contribution in [0.15, 0.2) is 0 Å². The Labute approximate surface area is 122 Å². The molecule has 0 bridgehead atoms. The maximum Gasteiger partial charge on any atom is 0.410 e. The third-order valence-corrected chi connectivity index (χ3v) is 3.55. The first-order chi connectivity index (χ1) is 9.24. The molecule has 5 heteroatoms. The number of carbonyl (C=O) groups excluding carboxylic acids is 1. The van der Waals surface area contributed by atoms with Gasteiger partial charge in [-0.1, -0.05) is 0 Å². The summed E-state index contributed by atoms with van der Waals surface area (Å²) in [6.45, 7) is 12.2. The molecular weight excluding hydrogens is 256 g/mol. The van der Waals surface area contributed by atoms with E-state index in [0.717, 1.165) is 19.4 Å². The van der Waals surface area contributed by atoms with Gasteiger partial charge in [0, 0.05) is 25.2 Å². The van der Waals surface area contributed by atoms with Crippen molar-refractivity contribution in [3.8, 4) is 0 Å². The van der Waals surface area contributed by atoms with E-state index >= 15 is 0 Å². The van der Waals surface area contributed by atoms with Crippen LogP contribution in [0.2, 0.25) is 0 Å². The van der Waals surface area contributed by atoms with Crippen molar-refractivity contribution in [1.29, 1.82) is 0 Å². The molecular formula is C15H30N2O3. The zero-order valence-corrected chi connectivity index (χ0v) is 13.6. The molecule has 1 aliphatic rings. The topological polar surface area (TPSA) is 53.0 Å². The Hall–Kier alpha value is -0.810. The largest absolute Gasteiger partial charge is 0.444 e. The number of amides is 1. The van der Waals surface area contributed by atoms with Crippen LogP contribution in [0.1, 0.15) is 47.5 Å². The number of likely N-dealkylation sites (tertiary alicyclic amines) is 1. The third kappa shape index (κ3) is 5.29. The van der Waals surface area contributed by atoms with Gasteiger partial charge in [-0.3, -0.25) is 4.90 Å². The summed E-state index contributed by atoms with van der Waals surface area (Å²) in [6.07, 6.45) is 1.96. The number of rotatable bonds is 5. The lowest BCUT2D eigenvalue weighted by Crippen LogP contribution is -2.48. The molecule has 1 heterocycles. The Morgan fingerprint density at radius 1 is 1.45 bits per heavy atom. The van der Waals surface area contributed by atoms with Crippen LogP contribution in [0, 0.1) is 0 Å². The predicted octanol–water partition coefficient (Wildman–Crippen LogP) is 2.09. The fraction of sp³-hybridized carbons (Fsp3) is 0.933. The van der Waals surface area contributed by atoms with Crippen molar-refractivity contribution in [3.05, 3.63) is 0 Å². The van der Waals surface area contributed by atoms with E-state index in [4.69, 9.17) is 9.84 Å². The van der Waals surface area contributed by atoms with Crippen LogP contribution in [0.3, 0.4) is 0 Å². The fourth-order valence-electron chi connectivity index (χ4n) is 2.57. The Kier molecular flexibility index (Phi) is 6.27. The average Bonchev–Trinajstić information content (AvgIpc) is 2.71. The van der Waals surface area contributed by atoms with Gasteiger partial charge in [-0.05, 0) is 54.0 Å². The van der Waals surface area contributed by atoms with Crippen LogP contribution in [-0.2, 0) is 4.74 Å². The molecule has 0 aromatic heterocycles. The Balaban J connectivity index is 2.65. The molecule has 5 nitrogen and oxygen atoms in total. The molecule has 1 fully saturated rings. The summed E-state index contributed by atoms with van der Waals surface area (Å²) in [4.78, 5) is 16.3. The minimum Gasteiger partial charge on any atom is -0.444 e. The van der Waals surface area contributed by atoms with Crippen LogP contribution < -0.4 is 0 Å². The molecule has 0 aliphatic carbocycles. The van der Waals surface area contributed by atoms with E-state index < -0.39 is 5.60 Å². The van der Waals surface area contributed by atoms with Gasteiger partial charge in [0.25, 0.3) is 0 Å². The third-order valence-electron chi connectivity index (χ3n) is 3.55. The normalized spacial score (nSPS) is 20.4. The summed E-state index contributed by atoms with van der Waals surface area (Å²) in [5.74, 6) is 0. The van der Waals surface area contributed by atoms with E-state index in [9.17, 15) is 4.79 Å². The lowest BCUT2D eigenvalue weighted by Gasteiger charge is -2.34. The molecule has 0 aromatic carbocycles. The second-order valence-electron chi connectivity index (χ2n) is 6.78. The highest BCUT2D eigenvalue weighted by atomic mass is 16.6.